The van der Waals surface area contributed by atoms with Crippen LogP contribution in [0.3, 0.4) is 0 Å². The Morgan fingerprint density at radius 2 is 1.58 bits per heavy atom. The first-order valence-electron chi connectivity index (χ1n) is 8.93. The van der Waals surface area contributed by atoms with E-state index < -0.39 is 0 Å². The highest BCUT2D eigenvalue weighted by atomic mass is 16.3. The molecule has 0 atom stereocenters. The van der Waals surface area contributed by atoms with Crippen LogP contribution in [-0.4, -0.2) is 19.7 Å². The first kappa shape index (κ1) is 16.5. The number of aromatic nitrogens is 4. The maximum atomic E-state index is 5.63. The molecule has 0 aliphatic carbocycles. The maximum Gasteiger partial charge on any atom is 0.182 e. The van der Waals surface area contributed by atoms with Crippen LogP contribution in [0.1, 0.15) is 50.7 Å². The van der Waals surface area contributed by atoms with E-state index >= 15 is 0 Å². The van der Waals surface area contributed by atoms with Gasteiger partial charge in [-0.2, -0.15) is 5.10 Å². The SMILES string of the molecule is CC(C)c1cccc(C(C)C)c1-n1ncnc1-c1cccc2ncoc12. The first-order valence-corrected chi connectivity index (χ1v) is 8.93. The topological polar surface area (TPSA) is 56.7 Å². The van der Waals surface area contributed by atoms with Crippen LogP contribution in [0.4, 0.5) is 0 Å². The summed E-state index contributed by atoms with van der Waals surface area (Å²) in [6.45, 7) is 8.82. The molecule has 5 nitrogen and oxygen atoms in total. The van der Waals surface area contributed by atoms with E-state index in [9.17, 15) is 0 Å². The van der Waals surface area contributed by atoms with Gasteiger partial charge in [-0.05, 0) is 35.1 Å². The highest BCUT2D eigenvalue weighted by molar-refractivity contribution is 5.88. The van der Waals surface area contributed by atoms with Crippen LogP contribution < -0.4 is 0 Å². The number of nitrogens with zero attached hydrogens (tertiary/aromatic N) is 4. The fourth-order valence-corrected chi connectivity index (χ4v) is 3.41. The molecule has 0 unspecified atom stereocenters. The number of hydrogen-bond acceptors (Lipinski definition) is 4. The summed E-state index contributed by atoms with van der Waals surface area (Å²) in [7, 11) is 0. The van der Waals surface area contributed by atoms with E-state index in [4.69, 9.17) is 4.42 Å². The minimum Gasteiger partial charge on any atom is -0.443 e. The molecule has 2 aromatic carbocycles. The molecule has 132 valence electrons. The van der Waals surface area contributed by atoms with E-state index in [-0.39, 0.29) is 0 Å². The molecule has 0 radical (unpaired) electrons. The molecule has 0 fully saturated rings. The molecule has 26 heavy (non-hydrogen) atoms. The number of rotatable bonds is 4. The largest absolute Gasteiger partial charge is 0.443 e. The van der Waals surface area contributed by atoms with Crippen LogP contribution in [0.15, 0.2) is 53.5 Å². The van der Waals surface area contributed by atoms with Crippen LogP contribution in [0.5, 0.6) is 0 Å². The van der Waals surface area contributed by atoms with E-state index in [0.717, 1.165) is 28.2 Å². The number of benzene rings is 2. The molecule has 2 heterocycles. The highest BCUT2D eigenvalue weighted by Crippen LogP contribution is 2.34. The van der Waals surface area contributed by atoms with Crippen molar-refractivity contribution in [1.82, 2.24) is 19.7 Å². The Morgan fingerprint density at radius 3 is 2.27 bits per heavy atom. The van der Waals surface area contributed by atoms with Gasteiger partial charge in [0, 0.05) is 0 Å². The molecule has 0 N–H and O–H groups in total. The standard InChI is InChI=1S/C21H22N4O/c1-13(2)15-7-5-8-16(14(3)4)19(15)25-21(22-11-24-25)17-9-6-10-18-20(17)26-12-23-18/h5-14H,1-4H3. The molecule has 4 aromatic rings. The van der Waals surface area contributed by atoms with Crippen molar-refractivity contribution >= 4 is 11.1 Å². The highest BCUT2D eigenvalue weighted by Gasteiger charge is 2.21. The maximum absolute atomic E-state index is 5.63. The lowest BCUT2D eigenvalue weighted by Crippen LogP contribution is -2.09. The van der Waals surface area contributed by atoms with Gasteiger partial charge in [0.15, 0.2) is 17.8 Å². The quantitative estimate of drug-likeness (QED) is 0.501. The monoisotopic (exact) mass is 346 g/mol. The fourth-order valence-electron chi connectivity index (χ4n) is 3.41. The van der Waals surface area contributed by atoms with Gasteiger partial charge in [-0.1, -0.05) is 52.0 Å². The lowest BCUT2D eigenvalue weighted by atomic mass is 9.92. The molecular formula is C21H22N4O. The average Bonchev–Trinajstić information content (AvgIpc) is 3.29. The molecule has 4 rings (SSSR count). The summed E-state index contributed by atoms with van der Waals surface area (Å²) >= 11 is 0. The Labute approximate surface area is 152 Å². The van der Waals surface area contributed by atoms with Gasteiger partial charge in [-0.15, -0.1) is 0 Å². The predicted molar refractivity (Wildman–Crippen MR) is 103 cm³/mol. The third-order valence-corrected chi connectivity index (χ3v) is 4.70. The van der Waals surface area contributed by atoms with Crippen LogP contribution in [0.2, 0.25) is 0 Å². The van der Waals surface area contributed by atoms with Gasteiger partial charge in [0.25, 0.3) is 0 Å². The average molecular weight is 346 g/mol. The smallest absolute Gasteiger partial charge is 0.182 e. The van der Waals surface area contributed by atoms with E-state index in [1.807, 2.05) is 22.9 Å². The Balaban J connectivity index is 2.01. The third kappa shape index (κ3) is 2.60. The molecule has 0 aliphatic heterocycles. The number of oxazole rings is 1. The van der Waals surface area contributed by atoms with Crippen LogP contribution in [0, 0.1) is 0 Å². The minimum absolute atomic E-state index is 0.377. The molecule has 0 aliphatic rings. The Kier molecular flexibility index (Phi) is 4.07. The van der Waals surface area contributed by atoms with Crippen molar-refractivity contribution in [3.63, 3.8) is 0 Å². The Bertz CT molecular complexity index is 1030. The normalized spacial score (nSPS) is 11.8. The molecule has 2 aromatic heterocycles. The van der Waals surface area contributed by atoms with E-state index in [2.05, 4.69) is 61.0 Å². The van der Waals surface area contributed by atoms with Crippen molar-refractivity contribution in [3.8, 4) is 17.1 Å². The molecule has 5 heteroatoms. The fraction of sp³-hybridized carbons (Fsp3) is 0.286. The molecule has 0 spiro atoms. The van der Waals surface area contributed by atoms with Crippen molar-refractivity contribution < 1.29 is 4.42 Å². The second-order valence-electron chi connectivity index (χ2n) is 7.10. The lowest BCUT2D eigenvalue weighted by molar-refractivity contribution is 0.602. The summed E-state index contributed by atoms with van der Waals surface area (Å²) in [4.78, 5) is 8.82. The lowest BCUT2D eigenvalue weighted by Gasteiger charge is -2.20. The van der Waals surface area contributed by atoms with Crippen molar-refractivity contribution in [2.24, 2.45) is 0 Å². The molecule has 0 amide bonds. The summed E-state index contributed by atoms with van der Waals surface area (Å²) in [6.07, 6.45) is 3.07. The number of fused-ring (bicyclic) bond motifs is 1. The zero-order chi connectivity index (χ0) is 18.3. The molecular weight excluding hydrogens is 324 g/mol. The van der Waals surface area contributed by atoms with Crippen LogP contribution >= 0.6 is 0 Å². The molecule has 0 saturated carbocycles. The number of para-hydroxylation sites is 2. The van der Waals surface area contributed by atoms with Crippen LogP contribution in [0.25, 0.3) is 28.2 Å². The summed E-state index contributed by atoms with van der Waals surface area (Å²) in [6, 6.07) is 12.4. The van der Waals surface area contributed by atoms with Crippen molar-refractivity contribution in [1.29, 1.82) is 0 Å². The van der Waals surface area contributed by atoms with Crippen molar-refractivity contribution in [2.75, 3.05) is 0 Å². The van der Waals surface area contributed by atoms with E-state index in [1.54, 1.807) is 6.33 Å². The predicted octanol–water partition coefficient (Wildman–Crippen LogP) is 5.32. The Morgan fingerprint density at radius 1 is 0.885 bits per heavy atom. The van der Waals surface area contributed by atoms with E-state index in [1.165, 1.54) is 17.5 Å². The third-order valence-electron chi connectivity index (χ3n) is 4.70. The van der Waals surface area contributed by atoms with E-state index in [0.29, 0.717) is 11.8 Å². The zero-order valence-electron chi connectivity index (χ0n) is 15.5. The summed E-state index contributed by atoms with van der Waals surface area (Å²) < 4.78 is 7.57. The van der Waals surface area contributed by atoms with Gasteiger partial charge in [0.05, 0.1) is 11.3 Å². The minimum atomic E-state index is 0.377. The first-order chi connectivity index (χ1) is 12.6. The zero-order valence-corrected chi connectivity index (χ0v) is 15.5. The van der Waals surface area contributed by atoms with Gasteiger partial charge in [0.2, 0.25) is 0 Å². The number of hydrogen-bond donors (Lipinski definition) is 0. The van der Waals surface area contributed by atoms with Crippen molar-refractivity contribution in [2.45, 2.75) is 39.5 Å². The summed E-state index contributed by atoms with van der Waals surface area (Å²) in [5.74, 6) is 1.52. The Hall–Kier alpha value is -2.95. The van der Waals surface area contributed by atoms with Gasteiger partial charge in [-0.3, -0.25) is 0 Å². The summed E-state index contributed by atoms with van der Waals surface area (Å²) in [5.41, 5.74) is 6.07. The van der Waals surface area contributed by atoms with Gasteiger partial charge in [0.1, 0.15) is 11.8 Å². The molecule has 0 bridgehead atoms. The second-order valence-corrected chi connectivity index (χ2v) is 7.10. The molecule has 0 saturated heterocycles. The van der Waals surface area contributed by atoms with Crippen molar-refractivity contribution in [3.05, 3.63) is 60.2 Å². The van der Waals surface area contributed by atoms with Gasteiger partial charge in [-0.25, -0.2) is 14.6 Å². The van der Waals surface area contributed by atoms with Gasteiger partial charge < -0.3 is 4.42 Å². The second kappa shape index (κ2) is 6.41. The summed E-state index contributed by atoms with van der Waals surface area (Å²) in [5, 5.41) is 4.58. The van der Waals surface area contributed by atoms with Gasteiger partial charge >= 0.3 is 0 Å². The van der Waals surface area contributed by atoms with Crippen LogP contribution in [-0.2, 0) is 0 Å².